The van der Waals surface area contributed by atoms with E-state index >= 15 is 0 Å². The molecule has 0 radical (unpaired) electrons. The predicted octanol–water partition coefficient (Wildman–Crippen LogP) is 3.87. The van der Waals surface area contributed by atoms with E-state index in [0.29, 0.717) is 10.9 Å². The fourth-order valence-corrected chi connectivity index (χ4v) is 2.93. The molecule has 23 heavy (non-hydrogen) atoms. The Bertz CT molecular complexity index is 1050. The molecule has 0 unspecified atom stereocenters. The Labute approximate surface area is 130 Å². The highest BCUT2D eigenvalue weighted by Crippen LogP contribution is 2.39. The van der Waals surface area contributed by atoms with E-state index in [4.69, 9.17) is 5.73 Å². The summed E-state index contributed by atoms with van der Waals surface area (Å²) in [5.74, 6) is 0. The minimum absolute atomic E-state index is 0.0704. The first-order chi connectivity index (χ1) is 11.2. The fourth-order valence-electron chi connectivity index (χ4n) is 2.93. The molecule has 0 fully saturated rings. The number of aromatic amines is 1. The first kappa shape index (κ1) is 13.3. The van der Waals surface area contributed by atoms with Gasteiger partial charge in [-0.1, -0.05) is 30.3 Å². The number of hydrogen-bond donors (Lipinski definition) is 2. The molecular weight excluding hydrogens is 292 g/mol. The van der Waals surface area contributed by atoms with E-state index in [1.54, 1.807) is 24.4 Å². The zero-order valence-corrected chi connectivity index (χ0v) is 12.0. The molecule has 0 aliphatic carbocycles. The fraction of sp³-hybridized carbons (Fsp3) is 0. The normalized spacial score (nSPS) is 11.1. The van der Waals surface area contributed by atoms with Crippen molar-refractivity contribution in [3.63, 3.8) is 0 Å². The van der Waals surface area contributed by atoms with Crippen molar-refractivity contribution in [3.8, 4) is 11.3 Å². The highest BCUT2D eigenvalue weighted by atomic mass is 16.6. The van der Waals surface area contributed by atoms with Gasteiger partial charge < -0.3 is 10.7 Å². The summed E-state index contributed by atoms with van der Waals surface area (Å²) >= 11 is 0. The Morgan fingerprint density at radius 2 is 1.87 bits per heavy atom. The maximum Gasteiger partial charge on any atom is 0.302 e. The van der Waals surface area contributed by atoms with Gasteiger partial charge >= 0.3 is 5.69 Å². The van der Waals surface area contributed by atoms with Crippen molar-refractivity contribution in [1.29, 1.82) is 0 Å². The van der Waals surface area contributed by atoms with E-state index in [1.165, 1.54) is 0 Å². The first-order valence-electron chi connectivity index (χ1n) is 7.05. The zero-order valence-electron chi connectivity index (χ0n) is 12.0. The van der Waals surface area contributed by atoms with Crippen molar-refractivity contribution in [2.24, 2.45) is 0 Å². The van der Waals surface area contributed by atoms with Gasteiger partial charge in [0.15, 0.2) is 0 Å². The summed E-state index contributed by atoms with van der Waals surface area (Å²) in [5.41, 5.74) is 9.04. The van der Waals surface area contributed by atoms with Crippen molar-refractivity contribution >= 4 is 33.2 Å². The number of nitrogen functional groups attached to an aromatic ring is 1. The van der Waals surface area contributed by atoms with Gasteiger partial charge in [0.1, 0.15) is 5.69 Å². The molecule has 112 valence electrons. The number of nitrogens with two attached hydrogens (primary N) is 1. The molecule has 0 aliphatic rings. The second kappa shape index (κ2) is 4.81. The Balaban J connectivity index is 2.15. The van der Waals surface area contributed by atoms with Gasteiger partial charge in [-0.2, -0.15) is 0 Å². The minimum Gasteiger partial charge on any atom is -0.393 e. The van der Waals surface area contributed by atoms with Crippen molar-refractivity contribution in [1.82, 2.24) is 9.97 Å². The molecule has 6 heteroatoms. The van der Waals surface area contributed by atoms with Gasteiger partial charge in [-0.3, -0.25) is 15.1 Å². The summed E-state index contributed by atoms with van der Waals surface area (Å²) in [4.78, 5) is 18.7. The van der Waals surface area contributed by atoms with Crippen LogP contribution in [0, 0.1) is 10.1 Å². The highest BCUT2D eigenvalue weighted by Gasteiger charge is 2.22. The number of hydrogen-bond acceptors (Lipinski definition) is 4. The average molecular weight is 304 g/mol. The molecule has 0 atom stereocenters. The lowest BCUT2D eigenvalue weighted by Gasteiger charge is -2.02. The minimum atomic E-state index is -0.437. The van der Waals surface area contributed by atoms with Crippen LogP contribution in [0.25, 0.3) is 33.1 Å². The summed E-state index contributed by atoms with van der Waals surface area (Å²) < 4.78 is 0. The molecule has 2 heterocycles. The molecular formula is C17H12N4O2. The number of H-pyrrole nitrogens is 1. The number of rotatable bonds is 2. The smallest absolute Gasteiger partial charge is 0.302 e. The highest BCUT2D eigenvalue weighted by molar-refractivity contribution is 6.16. The van der Waals surface area contributed by atoms with Crippen LogP contribution in [0.15, 0.2) is 54.7 Å². The Morgan fingerprint density at radius 1 is 1.09 bits per heavy atom. The van der Waals surface area contributed by atoms with Crippen LogP contribution in [0.1, 0.15) is 0 Å². The molecule has 0 aliphatic heterocycles. The first-order valence-corrected chi connectivity index (χ1v) is 7.05. The molecule has 4 aromatic rings. The molecule has 6 nitrogen and oxygen atoms in total. The van der Waals surface area contributed by atoms with Gasteiger partial charge in [0.25, 0.3) is 0 Å². The number of benzene rings is 2. The molecule has 3 N–H and O–H groups in total. The quantitative estimate of drug-likeness (QED) is 0.333. The van der Waals surface area contributed by atoms with Gasteiger partial charge in [-0.05, 0) is 18.2 Å². The maximum atomic E-state index is 11.4. The number of nitrogens with one attached hydrogen (secondary N) is 1. The molecule has 2 aromatic heterocycles. The van der Waals surface area contributed by atoms with Gasteiger partial charge in [-0.25, -0.2) is 0 Å². The van der Waals surface area contributed by atoms with E-state index in [0.717, 1.165) is 22.2 Å². The molecule has 0 saturated carbocycles. The Morgan fingerprint density at radius 3 is 2.61 bits per heavy atom. The number of aromatic nitrogens is 2. The summed E-state index contributed by atoms with van der Waals surface area (Å²) in [5, 5.41) is 12.7. The van der Waals surface area contributed by atoms with Gasteiger partial charge in [0.05, 0.1) is 27.0 Å². The molecule has 0 spiro atoms. The molecule has 0 saturated heterocycles. The largest absolute Gasteiger partial charge is 0.393 e. The van der Waals surface area contributed by atoms with Crippen LogP contribution in [0.2, 0.25) is 0 Å². The molecule has 0 amide bonds. The summed E-state index contributed by atoms with van der Waals surface area (Å²) in [6.45, 7) is 0. The maximum absolute atomic E-state index is 11.4. The van der Waals surface area contributed by atoms with Gasteiger partial charge in [0, 0.05) is 17.1 Å². The summed E-state index contributed by atoms with van der Waals surface area (Å²) in [6.07, 6.45) is 1.66. The van der Waals surface area contributed by atoms with Crippen molar-refractivity contribution in [2.75, 3.05) is 5.73 Å². The molecule has 4 rings (SSSR count). The lowest BCUT2D eigenvalue weighted by Crippen LogP contribution is -1.95. The number of nitro benzene ring substituents is 1. The number of anilines is 1. The molecule has 0 bridgehead atoms. The summed E-state index contributed by atoms with van der Waals surface area (Å²) in [7, 11) is 0. The Hall–Kier alpha value is -3.41. The van der Waals surface area contributed by atoms with Crippen molar-refractivity contribution in [3.05, 3.63) is 64.8 Å². The number of nitro groups is 1. The summed E-state index contributed by atoms with van der Waals surface area (Å²) in [6, 6.07) is 14.8. The Kier molecular flexibility index (Phi) is 2.77. The van der Waals surface area contributed by atoms with Crippen LogP contribution in [0.4, 0.5) is 11.4 Å². The number of nitrogens with zero attached hydrogens (tertiary/aromatic N) is 2. The van der Waals surface area contributed by atoms with Crippen molar-refractivity contribution < 1.29 is 4.92 Å². The lowest BCUT2D eigenvalue weighted by atomic mass is 10.1. The van der Waals surface area contributed by atoms with Crippen LogP contribution in [0.3, 0.4) is 0 Å². The lowest BCUT2D eigenvalue weighted by molar-refractivity contribution is -0.382. The third-order valence-electron chi connectivity index (χ3n) is 3.92. The number of pyridine rings is 1. The van der Waals surface area contributed by atoms with E-state index in [-0.39, 0.29) is 11.4 Å². The second-order valence-electron chi connectivity index (χ2n) is 5.26. The van der Waals surface area contributed by atoms with Gasteiger partial charge in [0.2, 0.25) is 0 Å². The second-order valence-corrected chi connectivity index (χ2v) is 5.26. The zero-order chi connectivity index (χ0) is 16.0. The average Bonchev–Trinajstić information content (AvgIpc) is 2.94. The van der Waals surface area contributed by atoms with Crippen LogP contribution in [-0.4, -0.2) is 14.9 Å². The standard InChI is InChI=1S/C17H12N4O2/c18-12-6-7-13-14(17(12)21(22)23)11-8-9-19-15(16(11)20-13)10-4-2-1-3-5-10/h1-9,20H,18H2. The third-order valence-corrected chi connectivity index (χ3v) is 3.92. The van der Waals surface area contributed by atoms with Crippen LogP contribution < -0.4 is 5.73 Å². The van der Waals surface area contributed by atoms with Crippen LogP contribution in [-0.2, 0) is 0 Å². The number of fused-ring (bicyclic) bond motifs is 3. The monoisotopic (exact) mass is 304 g/mol. The van der Waals surface area contributed by atoms with Gasteiger partial charge in [-0.15, -0.1) is 0 Å². The topological polar surface area (TPSA) is 97.8 Å². The van der Waals surface area contributed by atoms with E-state index in [1.807, 2.05) is 30.3 Å². The predicted molar refractivity (Wildman–Crippen MR) is 90.1 cm³/mol. The van der Waals surface area contributed by atoms with Crippen LogP contribution in [0.5, 0.6) is 0 Å². The van der Waals surface area contributed by atoms with Crippen molar-refractivity contribution in [2.45, 2.75) is 0 Å². The molecule has 2 aromatic carbocycles. The SMILES string of the molecule is Nc1ccc2[nH]c3c(-c4ccccc4)nccc3c2c1[N+](=O)[O-]. The van der Waals surface area contributed by atoms with Crippen LogP contribution >= 0.6 is 0 Å². The van der Waals surface area contributed by atoms with E-state index in [2.05, 4.69) is 9.97 Å². The van der Waals surface area contributed by atoms with E-state index < -0.39 is 4.92 Å². The van der Waals surface area contributed by atoms with E-state index in [9.17, 15) is 10.1 Å². The third kappa shape index (κ3) is 1.92.